The lowest BCUT2D eigenvalue weighted by Gasteiger charge is -2.26. The predicted octanol–water partition coefficient (Wildman–Crippen LogP) is 17.8. The quantitative estimate of drug-likeness (QED) is 0.0693. The predicted molar refractivity (Wildman–Crippen MR) is 274 cm³/mol. The molecule has 0 saturated carbocycles. The van der Waals surface area contributed by atoms with Crippen molar-refractivity contribution in [1.82, 2.24) is 0 Å². The highest BCUT2D eigenvalue weighted by Crippen LogP contribution is 2.52. The fraction of sp³-hybridized carbons (Fsp3) is 0.446. The van der Waals surface area contributed by atoms with Crippen LogP contribution < -0.4 is 23.0 Å². The minimum Gasteiger partial charge on any atom is -0.497 e. The molecule has 0 saturated heterocycles. The van der Waals surface area contributed by atoms with Crippen LogP contribution >= 0.6 is 16.8 Å². The Kier molecular flexibility index (Phi) is 16.6. The highest BCUT2D eigenvalue weighted by atomic mass is 31.2. The maximum atomic E-state index is 13.3. The van der Waals surface area contributed by atoms with Crippen LogP contribution in [0.25, 0.3) is 21.9 Å². The number of carbonyl (C=O) groups excluding carboxylic acids is 1. The fourth-order valence-electron chi connectivity index (χ4n) is 9.67. The molecule has 7 rings (SSSR count). The van der Waals surface area contributed by atoms with Crippen LogP contribution in [0, 0.1) is 13.8 Å². The lowest BCUT2D eigenvalue weighted by atomic mass is 9.88. The Hall–Kier alpha value is -5.10. The molecule has 5 atom stereocenters. The molecule has 11 heteroatoms. The highest BCUT2D eigenvalue weighted by Gasteiger charge is 2.34. The SMILES string of the molecule is CCCC(C)c1cc(C)cc(Cc2cc(C)cc(C(C)CCC)c2Op2oc3c(C(C)CCC)cc(OC)cc3c3cc(OC)cc(C(C)CCC)c3o2)c1OP1OC(=O)c2ccccc2O1. The molecule has 0 fully saturated rings. The summed E-state index contributed by atoms with van der Waals surface area (Å²) in [5, 5.41) is 1.78. The maximum Gasteiger partial charge on any atom is 0.532 e. The van der Waals surface area contributed by atoms with Crippen molar-refractivity contribution < 1.29 is 40.8 Å². The molecule has 0 radical (unpaired) electrons. The van der Waals surface area contributed by atoms with Gasteiger partial charge in [-0.25, -0.2) is 4.79 Å². The van der Waals surface area contributed by atoms with E-state index in [4.69, 9.17) is 36.0 Å². The van der Waals surface area contributed by atoms with E-state index >= 15 is 0 Å². The second-order valence-corrected chi connectivity index (χ2v) is 20.6. The van der Waals surface area contributed by atoms with E-state index in [2.05, 4.69) is 118 Å². The zero-order valence-corrected chi connectivity index (χ0v) is 43.5. The number of rotatable bonds is 20. The number of hydrogen-bond acceptors (Lipinski definition) is 9. The van der Waals surface area contributed by atoms with Gasteiger partial charge in [0.25, 0.3) is 0 Å². The molecule has 1 aromatic heterocycles. The van der Waals surface area contributed by atoms with Crippen molar-refractivity contribution in [3.63, 3.8) is 0 Å². The molecule has 0 amide bonds. The molecule has 358 valence electrons. The first-order valence-corrected chi connectivity index (χ1v) is 26.5. The summed E-state index contributed by atoms with van der Waals surface area (Å²) in [4.78, 5) is 13.3. The van der Waals surface area contributed by atoms with Crippen molar-refractivity contribution in [2.45, 2.75) is 151 Å². The van der Waals surface area contributed by atoms with Crippen LogP contribution in [0.2, 0.25) is 0 Å². The lowest BCUT2D eigenvalue weighted by molar-refractivity contribution is 0.0697. The Labute approximate surface area is 400 Å². The topological polar surface area (TPSA) is 98.7 Å². The van der Waals surface area contributed by atoms with E-state index in [1.807, 2.05) is 6.07 Å². The van der Waals surface area contributed by atoms with E-state index in [9.17, 15) is 4.79 Å². The van der Waals surface area contributed by atoms with E-state index in [1.165, 1.54) is 0 Å². The van der Waals surface area contributed by atoms with Crippen molar-refractivity contribution in [1.29, 1.82) is 0 Å². The largest absolute Gasteiger partial charge is 0.532 e. The third-order valence-electron chi connectivity index (χ3n) is 13.1. The highest BCUT2D eigenvalue weighted by molar-refractivity contribution is 7.43. The molecule has 5 unspecified atom stereocenters. The number of para-hydroxylation sites is 1. The number of carbonyl (C=O) groups is 1. The Morgan fingerprint density at radius 1 is 0.552 bits per heavy atom. The van der Waals surface area contributed by atoms with E-state index in [0.29, 0.717) is 23.5 Å². The standard InChI is InChI=1S/C56H70O9P2/c1-13-19-36(7)45-27-34(5)25-40(52(45)61-66-60-51-24-18-17-23-44(51)56(57)65-66)29-41-26-35(6)28-46(37(8)20-14-2)53(41)62-67-63-54-47(38(9)21-15-3)30-42(58-11)32-49(54)50-33-43(59-12)31-48(55(50)64-67)39(10)22-16-4/h17-18,23-28,30-33,36-39H,13-16,19-22,29H2,1-12H3. The van der Waals surface area contributed by atoms with Crippen molar-refractivity contribution in [3.05, 3.63) is 123 Å². The second-order valence-electron chi connectivity index (χ2n) is 18.6. The van der Waals surface area contributed by atoms with E-state index < -0.39 is 22.8 Å². The molecule has 0 aliphatic carbocycles. The molecule has 0 spiro atoms. The smallest absolute Gasteiger partial charge is 0.497 e. The first kappa shape index (κ1) is 49.8. The van der Waals surface area contributed by atoms with E-state index in [0.717, 1.165) is 135 Å². The van der Waals surface area contributed by atoms with Gasteiger partial charge in [0.2, 0.25) is 0 Å². The van der Waals surface area contributed by atoms with Gasteiger partial charge in [-0.15, -0.1) is 0 Å². The molecule has 67 heavy (non-hydrogen) atoms. The fourth-order valence-corrected chi connectivity index (χ4v) is 11.9. The molecular formula is C56H70O9P2. The Balaban J connectivity index is 1.48. The monoisotopic (exact) mass is 948 g/mol. The molecule has 2 heterocycles. The average molecular weight is 949 g/mol. The minimum atomic E-state index is -2.09. The molecule has 0 bridgehead atoms. The van der Waals surface area contributed by atoms with E-state index in [-0.39, 0.29) is 23.7 Å². The summed E-state index contributed by atoms with van der Waals surface area (Å²) in [6, 6.07) is 24.3. The average Bonchev–Trinajstić information content (AvgIpc) is 3.46. The molecule has 1 aliphatic heterocycles. The van der Waals surface area contributed by atoms with Crippen LogP contribution in [0.4, 0.5) is 0 Å². The minimum absolute atomic E-state index is 0.164. The van der Waals surface area contributed by atoms with Gasteiger partial charge < -0.3 is 36.0 Å². The Morgan fingerprint density at radius 2 is 1.00 bits per heavy atom. The van der Waals surface area contributed by atoms with Crippen LogP contribution in [0.1, 0.15) is 185 Å². The second kappa shape index (κ2) is 22.3. The molecule has 0 N–H and O–H groups in total. The van der Waals surface area contributed by atoms with Gasteiger partial charge in [-0.2, -0.15) is 0 Å². The number of hydrogen-bond donors (Lipinski definition) is 0. The zero-order valence-electron chi connectivity index (χ0n) is 41.7. The van der Waals surface area contributed by atoms with Gasteiger partial charge in [-0.3, -0.25) is 0 Å². The van der Waals surface area contributed by atoms with Crippen LogP contribution in [0.3, 0.4) is 0 Å². The number of fused-ring (bicyclic) bond motifs is 4. The third kappa shape index (κ3) is 11.1. The van der Waals surface area contributed by atoms with Gasteiger partial charge in [0.1, 0.15) is 45.5 Å². The van der Waals surface area contributed by atoms with Crippen LogP contribution in [-0.2, 0) is 10.9 Å². The number of aryl methyl sites for hydroxylation is 2. The van der Waals surface area contributed by atoms with Crippen molar-refractivity contribution in [2.24, 2.45) is 0 Å². The molecule has 9 nitrogen and oxygen atoms in total. The van der Waals surface area contributed by atoms with Gasteiger partial charge in [0.15, 0.2) is 0 Å². The van der Waals surface area contributed by atoms with Crippen molar-refractivity contribution in [3.8, 4) is 28.7 Å². The van der Waals surface area contributed by atoms with Gasteiger partial charge in [-0.1, -0.05) is 129 Å². The van der Waals surface area contributed by atoms with Gasteiger partial charge in [0, 0.05) is 33.9 Å². The van der Waals surface area contributed by atoms with Gasteiger partial charge >= 0.3 is 22.8 Å². The van der Waals surface area contributed by atoms with Crippen LogP contribution in [-0.4, -0.2) is 20.2 Å². The lowest BCUT2D eigenvalue weighted by Crippen LogP contribution is -2.15. The molecular weight excluding hydrogens is 879 g/mol. The summed E-state index contributed by atoms with van der Waals surface area (Å²) in [6.07, 6.45) is 8.34. The van der Waals surface area contributed by atoms with Gasteiger partial charge in [-0.05, 0) is 116 Å². The van der Waals surface area contributed by atoms with Gasteiger partial charge in [0.05, 0.1) is 14.2 Å². The van der Waals surface area contributed by atoms with Crippen molar-refractivity contribution >= 4 is 44.8 Å². The molecule has 5 aromatic carbocycles. The number of ether oxygens (including phenoxy) is 2. The first-order chi connectivity index (χ1) is 32.3. The summed E-state index contributed by atoms with van der Waals surface area (Å²) in [5.41, 5.74) is 10.2. The summed E-state index contributed by atoms with van der Waals surface area (Å²) in [6.45, 7) is 22.1. The van der Waals surface area contributed by atoms with Crippen LogP contribution in [0.5, 0.6) is 28.7 Å². The summed E-state index contributed by atoms with van der Waals surface area (Å²) in [7, 11) is -0.757. The van der Waals surface area contributed by atoms with Crippen molar-refractivity contribution in [2.75, 3.05) is 14.2 Å². The third-order valence-corrected chi connectivity index (χ3v) is 15.1. The Bertz CT molecular complexity index is 2660. The summed E-state index contributed by atoms with van der Waals surface area (Å²) < 4.78 is 52.8. The molecule has 1 aliphatic rings. The summed E-state index contributed by atoms with van der Waals surface area (Å²) >= 11 is 0. The zero-order chi connectivity index (χ0) is 47.9. The normalized spacial score (nSPS) is 15.6. The number of methoxy groups -OCH3 is 2. The number of benzene rings is 5. The van der Waals surface area contributed by atoms with Crippen LogP contribution in [0.15, 0.2) is 81.2 Å². The molecule has 6 aromatic rings. The first-order valence-electron chi connectivity index (χ1n) is 24.3. The maximum absolute atomic E-state index is 13.3. The summed E-state index contributed by atoms with van der Waals surface area (Å²) in [5.74, 6) is 3.57. The van der Waals surface area contributed by atoms with E-state index in [1.54, 1.807) is 32.4 Å². The Morgan fingerprint density at radius 3 is 1.46 bits per heavy atom.